The molecule has 3 heterocycles. The highest BCUT2D eigenvalue weighted by atomic mass is 16.2. The van der Waals surface area contributed by atoms with E-state index in [2.05, 4.69) is 10.2 Å². The van der Waals surface area contributed by atoms with Crippen LogP contribution < -0.4 is 0 Å². The first-order valence-electron chi connectivity index (χ1n) is 9.07. The van der Waals surface area contributed by atoms with Gasteiger partial charge >= 0.3 is 0 Å². The number of hydrogen-bond acceptors (Lipinski definition) is 4. The molecule has 7 nitrogen and oxygen atoms in total. The van der Waals surface area contributed by atoms with E-state index in [1.807, 2.05) is 62.1 Å². The molecule has 0 N–H and O–H groups in total. The number of amides is 1. The zero-order valence-electron chi connectivity index (χ0n) is 16.4. The Morgan fingerprint density at radius 2 is 1.89 bits per heavy atom. The molecule has 28 heavy (non-hydrogen) atoms. The van der Waals surface area contributed by atoms with Crippen molar-refractivity contribution in [3.05, 3.63) is 65.7 Å². The van der Waals surface area contributed by atoms with Crippen LogP contribution in [0.3, 0.4) is 0 Å². The number of nitrogens with zero attached hydrogens (tertiary/aromatic N) is 6. The Bertz CT molecular complexity index is 1170. The number of hydrogen-bond donors (Lipinski definition) is 0. The Labute approximate surface area is 163 Å². The van der Waals surface area contributed by atoms with Crippen LogP contribution in [0.25, 0.3) is 22.2 Å². The Morgan fingerprint density at radius 1 is 1.11 bits per heavy atom. The van der Waals surface area contributed by atoms with Crippen molar-refractivity contribution in [2.45, 2.75) is 13.5 Å². The highest BCUT2D eigenvalue weighted by Crippen LogP contribution is 2.27. The second kappa shape index (κ2) is 6.92. The molecule has 0 unspecified atom stereocenters. The lowest BCUT2D eigenvalue weighted by molar-refractivity contribution is 0.0784. The van der Waals surface area contributed by atoms with E-state index in [1.165, 1.54) is 0 Å². The minimum absolute atomic E-state index is 0.0532. The predicted molar refractivity (Wildman–Crippen MR) is 108 cm³/mol. The molecular weight excluding hydrogens is 352 g/mol. The second-order valence-electron chi connectivity index (χ2n) is 6.95. The number of benzene rings is 1. The normalized spacial score (nSPS) is 11.1. The van der Waals surface area contributed by atoms with Crippen LogP contribution in [0, 0.1) is 6.92 Å². The van der Waals surface area contributed by atoms with Gasteiger partial charge in [0.05, 0.1) is 35.2 Å². The highest BCUT2D eigenvalue weighted by molar-refractivity contribution is 6.07. The maximum absolute atomic E-state index is 13.3. The number of pyridine rings is 1. The van der Waals surface area contributed by atoms with Gasteiger partial charge in [-0.3, -0.25) is 14.2 Å². The number of fused-ring (bicyclic) bond motifs is 1. The van der Waals surface area contributed by atoms with Crippen molar-refractivity contribution in [2.75, 3.05) is 7.05 Å². The monoisotopic (exact) mass is 374 g/mol. The van der Waals surface area contributed by atoms with Crippen LogP contribution in [0.15, 0.2) is 48.8 Å². The average molecular weight is 374 g/mol. The lowest BCUT2D eigenvalue weighted by atomic mass is 10.0. The van der Waals surface area contributed by atoms with Crippen LogP contribution in [0.4, 0.5) is 0 Å². The molecular formula is C21H22N6O. The molecule has 0 saturated carbocycles. The van der Waals surface area contributed by atoms with Gasteiger partial charge in [0, 0.05) is 44.0 Å². The molecule has 0 aliphatic heterocycles. The summed E-state index contributed by atoms with van der Waals surface area (Å²) in [6.45, 7) is 2.47. The van der Waals surface area contributed by atoms with Gasteiger partial charge in [0.15, 0.2) is 0 Å². The van der Waals surface area contributed by atoms with Gasteiger partial charge in [-0.15, -0.1) is 0 Å². The van der Waals surface area contributed by atoms with E-state index in [4.69, 9.17) is 4.98 Å². The van der Waals surface area contributed by atoms with Gasteiger partial charge < -0.3 is 4.90 Å². The SMILES string of the molecule is Cc1c(-c2cc(C(=O)N(C)Cc3ccnn3C)c3ccccc3n2)cnn1C. The number of carbonyl (C=O) groups excluding carboxylic acids is 1. The van der Waals surface area contributed by atoms with Gasteiger partial charge in [0.25, 0.3) is 5.91 Å². The first kappa shape index (κ1) is 17.9. The van der Waals surface area contributed by atoms with Gasteiger partial charge in [-0.05, 0) is 25.1 Å². The van der Waals surface area contributed by atoms with Crippen molar-refractivity contribution in [3.63, 3.8) is 0 Å². The predicted octanol–water partition coefficient (Wildman–Crippen LogP) is 2.95. The first-order chi connectivity index (χ1) is 13.5. The molecule has 0 bridgehead atoms. The molecule has 0 saturated heterocycles. The fourth-order valence-electron chi connectivity index (χ4n) is 3.32. The zero-order chi connectivity index (χ0) is 19.8. The van der Waals surface area contributed by atoms with E-state index < -0.39 is 0 Å². The smallest absolute Gasteiger partial charge is 0.254 e. The summed E-state index contributed by atoms with van der Waals surface area (Å²) in [7, 11) is 5.58. The Hall–Kier alpha value is -3.48. The van der Waals surface area contributed by atoms with E-state index in [1.54, 1.807) is 29.0 Å². The summed E-state index contributed by atoms with van der Waals surface area (Å²) in [5.41, 5.74) is 5.08. The van der Waals surface area contributed by atoms with Crippen LogP contribution in [-0.4, -0.2) is 42.4 Å². The standard InChI is InChI=1S/C21H22N6O/c1-14-18(12-23-26(14)3)20-11-17(16-7-5-6-8-19(16)24-20)21(28)25(2)13-15-9-10-22-27(15)4/h5-12H,13H2,1-4H3. The summed E-state index contributed by atoms with van der Waals surface area (Å²) >= 11 is 0. The molecule has 0 radical (unpaired) electrons. The van der Waals surface area contributed by atoms with Crippen molar-refractivity contribution in [1.29, 1.82) is 0 Å². The minimum Gasteiger partial charge on any atom is -0.336 e. The van der Waals surface area contributed by atoms with Crippen molar-refractivity contribution < 1.29 is 4.79 Å². The van der Waals surface area contributed by atoms with E-state index in [9.17, 15) is 4.79 Å². The molecule has 0 fully saturated rings. The van der Waals surface area contributed by atoms with Crippen molar-refractivity contribution in [3.8, 4) is 11.3 Å². The molecule has 0 aliphatic carbocycles. The molecule has 4 rings (SSSR count). The average Bonchev–Trinajstić information content (AvgIpc) is 3.25. The zero-order valence-corrected chi connectivity index (χ0v) is 16.4. The largest absolute Gasteiger partial charge is 0.336 e. The van der Waals surface area contributed by atoms with Gasteiger partial charge in [0.1, 0.15) is 0 Å². The van der Waals surface area contributed by atoms with Crippen LogP contribution in [0.2, 0.25) is 0 Å². The fourth-order valence-corrected chi connectivity index (χ4v) is 3.32. The van der Waals surface area contributed by atoms with E-state index >= 15 is 0 Å². The summed E-state index contributed by atoms with van der Waals surface area (Å²) in [6, 6.07) is 11.5. The third kappa shape index (κ3) is 3.05. The van der Waals surface area contributed by atoms with E-state index in [0.717, 1.165) is 33.5 Å². The molecule has 0 spiro atoms. The van der Waals surface area contributed by atoms with Gasteiger partial charge in [0.2, 0.25) is 0 Å². The van der Waals surface area contributed by atoms with E-state index in [-0.39, 0.29) is 5.91 Å². The number of rotatable bonds is 4. The maximum atomic E-state index is 13.3. The topological polar surface area (TPSA) is 68.8 Å². The van der Waals surface area contributed by atoms with Crippen LogP contribution in [-0.2, 0) is 20.6 Å². The Morgan fingerprint density at radius 3 is 2.57 bits per heavy atom. The second-order valence-corrected chi connectivity index (χ2v) is 6.95. The molecule has 3 aromatic heterocycles. The van der Waals surface area contributed by atoms with Crippen molar-refractivity contribution >= 4 is 16.8 Å². The Kier molecular flexibility index (Phi) is 4.43. The van der Waals surface area contributed by atoms with Gasteiger partial charge in [-0.1, -0.05) is 18.2 Å². The quantitative estimate of drug-likeness (QED) is 0.551. The van der Waals surface area contributed by atoms with Crippen molar-refractivity contribution in [2.24, 2.45) is 14.1 Å². The minimum atomic E-state index is -0.0532. The highest BCUT2D eigenvalue weighted by Gasteiger charge is 2.19. The summed E-state index contributed by atoms with van der Waals surface area (Å²) in [5.74, 6) is -0.0532. The molecule has 142 valence electrons. The molecule has 1 amide bonds. The first-order valence-corrected chi connectivity index (χ1v) is 9.07. The third-order valence-corrected chi connectivity index (χ3v) is 5.13. The number of para-hydroxylation sites is 1. The summed E-state index contributed by atoms with van der Waals surface area (Å²) in [6.07, 6.45) is 3.53. The molecule has 0 atom stereocenters. The lowest BCUT2D eigenvalue weighted by Gasteiger charge is -2.19. The molecule has 4 aromatic rings. The van der Waals surface area contributed by atoms with Crippen LogP contribution >= 0.6 is 0 Å². The summed E-state index contributed by atoms with van der Waals surface area (Å²) in [4.78, 5) is 19.8. The molecule has 7 heteroatoms. The van der Waals surface area contributed by atoms with Crippen LogP contribution in [0.5, 0.6) is 0 Å². The number of aryl methyl sites for hydroxylation is 2. The van der Waals surface area contributed by atoms with E-state index in [0.29, 0.717) is 12.1 Å². The maximum Gasteiger partial charge on any atom is 0.254 e. The summed E-state index contributed by atoms with van der Waals surface area (Å²) in [5, 5.41) is 9.33. The molecule has 1 aromatic carbocycles. The van der Waals surface area contributed by atoms with Gasteiger partial charge in [-0.2, -0.15) is 10.2 Å². The van der Waals surface area contributed by atoms with Gasteiger partial charge in [-0.25, -0.2) is 4.98 Å². The fraction of sp³-hybridized carbons (Fsp3) is 0.238. The van der Waals surface area contributed by atoms with Crippen LogP contribution in [0.1, 0.15) is 21.7 Å². The van der Waals surface area contributed by atoms with Crippen molar-refractivity contribution in [1.82, 2.24) is 29.4 Å². The summed E-state index contributed by atoms with van der Waals surface area (Å²) < 4.78 is 3.58. The molecule has 0 aliphatic rings. The Balaban J connectivity index is 1.80. The lowest BCUT2D eigenvalue weighted by Crippen LogP contribution is -2.27. The number of aromatic nitrogens is 5. The third-order valence-electron chi connectivity index (χ3n) is 5.13. The number of carbonyl (C=O) groups is 1.